The molecule has 2 N–H and O–H groups in total. The number of carbonyl (C=O) groups excluding carboxylic acids is 1. The second kappa shape index (κ2) is 6.13. The molecule has 0 aliphatic carbocycles. The maximum atomic E-state index is 11.5. The van der Waals surface area contributed by atoms with Gasteiger partial charge >= 0.3 is 6.16 Å². The number of para-hydroxylation sites is 1. The molecule has 1 fully saturated rings. The van der Waals surface area contributed by atoms with Crippen molar-refractivity contribution in [1.82, 2.24) is 15.3 Å². The zero-order valence-electron chi connectivity index (χ0n) is 12.0. The third-order valence-corrected chi connectivity index (χ3v) is 3.68. The first-order chi connectivity index (χ1) is 10.3. The van der Waals surface area contributed by atoms with E-state index in [1.165, 1.54) is 0 Å². The maximum absolute atomic E-state index is 11.5. The van der Waals surface area contributed by atoms with E-state index in [1.54, 1.807) is 13.0 Å². The van der Waals surface area contributed by atoms with Gasteiger partial charge < -0.3 is 19.8 Å². The number of aromatic nitrogens is 2. The van der Waals surface area contributed by atoms with Gasteiger partial charge in [-0.25, -0.2) is 9.78 Å². The molecule has 1 aromatic carbocycles. The minimum Gasteiger partial charge on any atom is -0.434 e. The lowest BCUT2D eigenvalue weighted by molar-refractivity contribution is 0.105. The van der Waals surface area contributed by atoms with Gasteiger partial charge in [-0.3, -0.25) is 0 Å². The number of carbonyl (C=O) groups is 1. The van der Waals surface area contributed by atoms with Crippen molar-refractivity contribution in [3.05, 3.63) is 24.0 Å². The Kier molecular flexibility index (Phi) is 4.06. The summed E-state index contributed by atoms with van der Waals surface area (Å²) in [6.45, 7) is 4.04. The van der Waals surface area contributed by atoms with Gasteiger partial charge in [0.25, 0.3) is 0 Å². The number of ether oxygens (including phenoxy) is 2. The number of hydrogen-bond donors (Lipinski definition) is 2. The molecular formula is C15H19N3O3. The smallest absolute Gasteiger partial charge is 0.434 e. The van der Waals surface area contributed by atoms with Crippen LogP contribution in [0.15, 0.2) is 18.2 Å². The van der Waals surface area contributed by atoms with E-state index < -0.39 is 6.16 Å². The van der Waals surface area contributed by atoms with Gasteiger partial charge in [-0.2, -0.15) is 0 Å². The molecule has 1 aliphatic rings. The van der Waals surface area contributed by atoms with Crippen molar-refractivity contribution >= 4 is 17.2 Å². The molecule has 6 heteroatoms. The van der Waals surface area contributed by atoms with Gasteiger partial charge in [0.2, 0.25) is 0 Å². The molecule has 21 heavy (non-hydrogen) atoms. The second-order valence-electron chi connectivity index (χ2n) is 5.08. The fraction of sp³-hybridized carbons (Fsp3) is 0.467. The Balaban J connectivity index is 1.88. The van der Waals surface area contributed by atoms with Crippen LogP contribution in [0.2, 0.25) is 0 Å². The van der Waals surface area contributed by atoms with Gasteiger partial charge in [-0.15, -0.1) is 0 Å². The van der Waals surface area contributed by atoms with Crippen LogP contribution in [0.5, 0.6) is 5.75 Å². The second-order valence-corrected chi connectivity index (χ2v) is 5.08. The molecule has 1 aliphatic heterocycles. The van der Waals surface area contributed by atoms with Gasteiger partial charge in [0, 0.05) is 5.92 Å². The minimum absolute atomic E-state index is 0.287. The van der Waals surface area contributed by atoms with E-state index >= 15 is 0 Å². The van der Waals surface area contributed by atoms with Gasteiger partial charge in [-0.05, 0) is 45.0 Å². The van der Waals surface area contributed by atoms with Crippen LogP contribution in [0.3, 0.4) is 0 Å². The maximum Gasteiger partial charge on any atom is 0.513 e. The molecule has 0 atom stereocenters. The van der Waals surface area contributed by atoms with E-state index in [0.29, 0.717) is 17.2 Å². The Bertz CT molecular complexity index is 632. The molecule has 6 nitrogen and oxygen atoms in total. The van der Waals surface area contributed by atoms with E-state index in [-0.39, 0.29) is 6.61 Å². The molecule has 0 radical (unpaired) electrons. The highest BCUT2D eigenvalue weighted by Crippen LogP contribution is 2.29. The molecule has 1 saturated heterocycles. The number of fused-ring (bicyclic) bond motifs is 1. The fourth-order valence-corrected chi connectivity index (χ4v) is 2.63. The first kappa shape index (κ1) is 13.9. The number of nitrogens with zero attached hydrogens (tertiary/aromatic N) is 1. The SMILES string of the molecule is CCOC(=O)Oc1cccc2[nH]c(C3CCNCC3)nc12. The highest BCUT2D eigenvalue weighted by molar-refractivity contribution is 5.84. The molecular weight excluding hydrogens is 270 g/mol. The number of aromatic amines is 1. The Morgan fingerprint density at radius 1 is 1.38 bits per heavy atom. The van der Waals surface area contributed by atoms with E-state index in [9.17, 15) is 4.79 Å². The Hall–Kier alpha value is -2.08. The van der Waals surface area contributed by atoms with Crippen LogP contribution >= 0.6 is 0 Å². The predicted molar refractivity (Wildman–Crippen MR) is 78.6 cm³/mol. The zero-order valence-corrected chi connectivity index (χ0v) is 12.0. The highest BCUT2D eigenvalue weighted by Gasteiger charge is 2.20. The summed E-state index contributed by atoms with van der Waals surface area (Å²) in [4.78, 5) is 19.4. The predicted octanol–water partition coefficient (Wildman–Crippen LogP) is 2.57. The summed E-state index contributed by atoms with van der Waals surface area (Å²) in [5, 5.41) is 3.34. The summed E-state index contributed by atoms with van der Waals surface area (Å²) in [6, 6.07) is 5.50. The number of H-pyrrole nitrogens is 1. The van der Waals surface area contributed by atoms with Crippen molar-refractivity contribution in [2.75, 3.05) is 19.7 Å². The first-order valence-electron chi connectivity index (χ1n) is 7.32. The van der Waals surface area contributed by atoms with Gasteiger partial charge in [-0.1, -0.05) is 6.07 Å². The van der Waals surface area contributed by atoms with Gasteiger partial charge in [0.05, 0.1) is 12.1 Å². The standard InChI is InChI=1S/C15H19N3O3/c1-2-20-15(19)21-12-5-3-4-11-13(12)18-14(17-11)10-6-8-16-9-7-10/h3-5,10,16H,2,6-9H2,1H3,(H,17,18). The van der Waals surface area contributed by atoms with Crippen LogP contribution in [0.1, 0.15) is 31.5 Å². The molecule has 0 unspecified atom stereocenters. The van der Waals surface area contributed by atoms with Crippen LogP contribution in [0.25, 0.3) is 11.0 Å². The Labute approximate surface area is 122 Å². The topological polar surface area (TPSA) is 76.2 Å². The van der Waals surface area contributed by atoms with Crippen molar-refractivity contribution in [2.45, 2.75) is 25.7 Å². The van der Waals surface area contributed by atoms with Gasteiger partial charge in [0.1, 0.15) is 11.3 Å². The molecule has 112 valence electrons. The average Bonchev–Trinajstić information content (AvgIpc) is 2.94. The van der Waals surface area contributed by atoms with Crippen LogP contribution in [-0.4, -0.2) is 35.8 Å². The largest absolute Gasteiger partial charge is 0.513 e. The number of piperidine rings is 1. The number of rotatable bonds is 3. The summed E-state index contributed by atoms with van der Waals surface area (Å²) in [7, 11) is 0. The van der Waals surface area contributed by atoms with E-state index in [0.717, 1.165) is 37.3 Å². The Morgan fingerprint density at radius 2 is 2.19 bits per heavy atom. The van der Waals surface area contributed by atoms with Crippen LogP contribution in [0.4, 0.5) is 4.79 Å². The van der Waals surface area contributed by atoms with Crippen LogP contribution in [0, 0.1) is 0 Å². The lowest BCUT2D eigenvalue weighted by Crippen LogP contribution is -2.27. The molecule has 0 saturated carbocycles. The normalized spacial score (nSPS) is 16.0. The minimum atomic E-state index is -0.698. The summed E-state index contributed by atoms with van der Waals surface area (Å²) in [5.74, 6) is 1.82. The van der Waals surface area contributed by atoms with Crippen LogP contribution < -0.4 is 10.1 Å². The fourth-order valence-electron chi connectivity index (χ4n) is 2.63. The third kappa shape index (κ3) is 3.00. The summed E-state index contributed by atoms with van der Waals surface area (Å²) in [5.41, 5.74) is 1.56. The Morgan fingerprint density at radius 3 is 2.95 bits per heavy atom. The summed E-state index contributed by atoms with van der Waals surface area (Å²) in [6.07, 6.45) is 1.43. The monoisotopic (exact) mass is 289 g/mol. The van der Waals surface area contributed by atoms with Crippen molar-refractivity contribution in [1.29, 1.82) is 0 Å². The number of imidazole rings is 1. The lowest BCUT2D eigenvalue weighted by atomic mass is 9.98. The van der Waals surface area contributed by atoms with Crippen molar-refractivity contribution in [3.63, 3.8) is 0 Å². The number of benzene rings is 1. The average molecular weight is 289 g/mol. The van der Waals surface area contributed by atoms with Crippen molar-refractivity contribution < 1.29 is 14.3 Å². The molecule has 0 amide bonds. The molecule has 1 aromatic heterocycles. The molecule has 0 spiro atoms. The summed E-state index contributed by atoms with van der Waals surface area (Å²) >= 11 is 0. The quantitative estimate of drug-likeness (QED) is 0.671. The first-order valence-corrected chi connectivity index (χ1v) is 7.32. The van der Waals surface area contributed by atoms with E-state index in [4.69, 9.17) is 9.47 Å². The van der Waals surface area contributed by atoms with Gasteiger partial charge in [0.15, 0.2) is 5.75 Å². The van der Waals surface area contributed by atoms with E-state index in [2.05, 4.69) is 15.3 Å². The molecule has 2 heterocycles. The summed E-state index contributed by atoms with van der Waals surface area (Å²) < 4.78 is 10.0. The van der Waals surface area contributed by atoms with Crippen LogP contribution in [-0.2, 0) is 4.74 Å². The zero-order chi connectivity index (χ0) is 14.7. The van der Waals surface area contributed by atoms with E-state index in [1.807, 2.05) is 12.1 Å². The number of nitrogens with one attached hydrogen (secondary N) is 2. The molecule has 3 rings (SSSR count). The van der Waals surface area contributed by atoms with Crippen molar-refractivity contribution in [2.24, 2.45) is 0 Å². The highest BCUT2D eigenvalue weighted by atomic mass is 16.7. The lowest BCUT2D eigenvalue weighted by Gasteiger charge is -2.20. The molecule has 0 bridgehead atoms. The molecule has 2 aromatic rings. The number of hydrogen-bond acceptors (Lipinski definition) is 5. The third-order valence-electron chi connectivity index (χ3n) is 3.68. The van der Waals surface area contributed by atoms with Crippen molar-refractivity contribution in [3.8, 4) is 5.75 Å².